The van der Waals surface area contributed by atoms with E-state index in [1.807, 2.05) is 0 Å². The number of aromatic nitrogens is 1. The van der Waals surface area contributed by atoms with Crippen LogP contribution in [0.4, 0.5) is 4.39 Å². The zero-order valence-electron chi connectivity index (χ0n) is 13.6. The van der Waals surface area contributed by atoms with Crippen molar-refractivity contribution in [3.05, 3.63) is 64.2 Å². The number of ether oxygens (including phenoxy) is 1. The summed E-state index contributed by atoms with van der Waals surface area (Å²) < 4.78 is 19.8. The molecule has 3 rings (SSSR count). The summed E-state index contributed by atoms with van der Waals surface area (Å²) in [5.41, 5.74) is 6.15. The number of Topliss-reactive ketones (excluding diaryl/α,β-unsaturated/α-hetero) is 1. The highest BCUT2D eigenvalue weighted by atomic mass is 35.5. The molecular weight excluding hydrogens is 345 g/mol. The second-order valence-corrected chi connectivity index (χ2v) is 6.58. The number of hydrogen-bond acceptors (Lipinski definition) is 5. The molecule has 0 bridgehead atoms. The summed E-state index contributed by atoms with van der Waals surface area (Å²) in [5, 5.41) is 0.460. The largest absolute Gasteiger partial charge is 0.386 e. The molecule has 0 unspecified atom stereocenters. The maximum atomic E-state index is 14.4. The molecule has 1 aliphatic heterocycles. The minimum Gasteiger partial charge on any atom is -0.386 e. The van der Waals surface area contributed by atoms with Crippen molar-refractivity contribution >= 4 is 23.2 Å². The quantitative estimate of drug-likeness (QED) is 0.849. The van der Waals surface area contributed by atoms with E-state index in [0.29, 0.717) is 27.7 Å². The maximum Gasteiger partial charge on any atom is 0.185 e. The third kappa shape index (κ3) is 3.86. The van der Waals surface area contributed by atoms with Gasteiger partial charge >= 0.3 is 0 Å². The number of nitrogens with two attached hydrogens (primary N) is 1. The molecule has 130 valence electrons. The van der Waals surface area contributed by atoms with Crippen molar-refractivity contribution in [2.45, 2.75) is 18.9 Å². The van der Waals surface area contributed by atoms with Crippen molar-refractivity contribution in [2.75, 3.05) is 13.2 Å². The third-order valence-corrected chi connectivity index (χ3v) is 4.24. The van der Waals surface area contributed by atoms with Crippen molar-refractivity contribution in [3.63, 3.8) is 0 Å². The summed E-state index contributed by atoms with van der Waals surface area (Å²) >= 11 is 5.78. The topological polar surface area (TPSA) is 77.6 Å². The van der Waals surface area contributed by atoms with Gasteiger partial charge in [0.2, 0.25) is 0 Å². The summed E-state index contributed by atoms with van der Waals surface area (Å²) in [6.45, 7) is 2.21. The van der Waals surface area contributed by atoms with Gasteiger partial charge in [0.1, 0.15) is 29.5 Å². The van der Waals surface area contributed by atoms with Gasteiger partial charge in [-0.1, -0.05) is 17.7 Å². The molecule has 0 amide bonds. The van der Waals surface area contributed by atoms with Crippen molar-refractivity contribution in [3.8, 4) is 0 Å². The Bertz CT molecular complexity index is 839. The van der Waals surface area contributed by atoms with Gasteiger partial charge in [0.15, 0.2) is 5.78 Å². The number of hydrogen-bond donors (Lipinski definition) is 1. The summed E-state index contributed by atoms with van der Waals surface area (Å²) in [4.78, 5) is 20.7. The van der Waals surface area contributed by atoms with Crippen LogP contribution in [0.5, 0.6) is 0 Å². The Labute approximate surface area is 149 Å². The van der Waals surface area contributed by atoms with E-state index < -0.39 is 11.4 Å². The number of carbonyl (C=O) groups is 1. The Hall–Kier alpha value is -2.31. The van der Waals surface area contributed by atoms with Gasteiger partial charge in [-0.2, -0.15) is 0 Å². The molecule has 2 heterocycles. The van der Waals surface area contributed by atoms with E-state index in [-0.39, 0.29) is 25.4 Å². The zero-order chi connectivity index (χ0) is 18.0. The fourth-order valence-corrected chi connectivity index (χ4v) is 2.90. The Morgan fingerprint density at radius 1 is 1.40 bits per heavy atom. The van der Waals surface area contributed by atoms with Gasteiger partial charge in [-0.05, 0) is 36.8 Å². The standard InChI is InChI=1S/C18H17ClFN3O2/c1-18(10-25-9-17(21)23-18)13-6-11(2-4-14(13)20)7-16(24)15-5-3-12(19)8-22-15/h2-6,8H,7,9-10H2,1H3,(H2,21,23)/t18-/m0/s1. The predicted octanol–water partition coefficient (Wildman–Crippen LogP) is 2.90. The van der Waals surface area contributed by atoms with Crippen LogP contribution >= 0.6 is 11.6 Å². The number of benzene rings is 1. The number of nitrogens with zero attached hydrogens (tertiary/aromatic N) is 2. The Morgan fingerprint density at radius 2 is 2.20 bits per heavy atom. The first-order chi connectivity index (χ1) is 11.9. The highest BCUT2D eigenvalue weighted by Gasteiger charge is 2.32. The molecule has 0 fully saturated rings. The van der Waals surface area contributed by atoms with Crippen molar-refractivity contribution in [1.29, 1.82) is 0 Å². The SMILES string of the molecule is C[C@@]1(c2cc(CC(=O)c3ccc(Cl)cn3)ccc2F)COCC(N)=N1. The van der Waals surface area contributed by atoms with Crippen LogP contribution in [-0.4, -0.2) is 29.8 Å². The third-order valence-electron chi connectivity index (χ3n) is 4.01. The van der Waals surface area contributed by atoms with Crippen LogP contribution < -0.4 is 5.73 Å². The first-order valence-electron chi connectivity index (χ1n) is 7.73. The normalized spacial score (nSPS) is 20.2. The second kappa shape index (κ2) is 6.90. The maximum absolute atomic E-state index is 14.4. The van der Waals surface area contributed by atoms with Crippen molar-refractivity contribution in [1.82, 2.24) is 4.98 Å². The van der Waals surface area contributed by atoms with E-state index >= 15 is 0 Å². The number of carbonyl (C=O) groups excluding carboxylic acids is 1. The molecule has 7 heteroatoms. The Morgan fingerprint density at radius 3 is 2.88 bits per heavy atom. The van der Waals surface area contributed by atoms with Gasteiger partial charge in [0.05, 0.1) is 11.6 Å². The molecule has 0 radical (unpaired) electrons. The van der Waals surface area contributed by atoms with Gasteiger partial charge in [-0.3, -0.25) is 14.8 Å². The van der Waals surface area contributed by atoms with Crippen molar-refractivity contribution in [2.24, 2.45) is 10.7 Å². The lowest BCUT2D eigenvalue weighted by Gasteiger charge is -2.30. The summed E-state index contributed by atoms with van der Waals surface area (Å²) in [7, 11) is 0. The highest BCUT2D eigenvalue weighted by Crippen LogP contribution is 2.31. The second-order valence-electron chi connectivity index (χ2n) is 6.15. The average molecular weight is 362 g/mol. The minimum atomic E-state index is -0.913. The Balaban J connectivity index is 1.88. The van der Waals surface area contributed by atoms with E-state index in [4.69, 9.17) is 22.1 Å². The number of amidine groups is 1. The van der Waals surface area contributed by atoms with Crippen LogP contribution in [0.15, 0.2) is 41.5 Å². The van der Waals surface area contributed by atoms with Crippen LogP contribution in [0.1, 0.15) is 28.5 Å². The van der Waals surface area contributed by atoms with E-state index in [1.54, 1.807) is 31.2 Å². The molecule has 0 saturated heterocycles. The molecule has 1 atom stereocenters. The summed E-state index contributed by atoms with van der Waals surface area (Å²) in [6, 6.07) is 7.71. The van der Waals surface area contributed by atoms with Gasteiger partial charge < -0.3 is 10.5 Å². The lowest BCUT2D eigenvalue weighted by molar-refractivity contribution is 0.0987. The molecule has 1 aromatic carbocycles. The van der Waals surface area contributed by atoms with E-state index in [0.717, 1.165) is 0 Å². The Kier molecular flexibility index (Phi) is 4.83. The number of halogens is 2. The molecular formula is C18H17ClFN3O2. The molecule has 0 aliphatic carbocycles. The van der Waals surface area contributed by atoms with Crippen LogP contribution in [0.3, 0.4) is 0 Å². The van der Waals surface area contributed by atoms with Crippen molar-refractivity contribution < 1.29 is 13.9 Å². The van der Waals surface area contributed by atoms with Gasteiger partial charge in [-0.25, -0.2) is 4.39 Å². The number of rotatable bonds is 4. The molecule has 25 heavy (non-hydrogen) atoms. The first kappa shape index (κ1) is 17.5. The summed E-state index contributed by atoms with van der Waals surface area (Å²) in [6.07, 6.45) is 1.51. The van der Waals surface area contributed by atoms with Crippen LogP contribution in [0, 0.1) is 5.82 Å². The number of ketones is 1. The molecule has 0 spiro atoms. The molecule has 2 N–H and O–H groups in total. The zero-order valence-corrected chi connectivity index (χ0v) is 14.4. The number of aliphatic imine (C=N–C) groups is 1. The molecule has 0 saturated carbocycles. The monoisotopic (exact) mass is 361 g/mol. The molecule has 2 aromatic rings. The molecule has 5 nitrogen and oxygen atoms in total. The van der Waals surface area contributed by atoms with Gasteiger partial charge in [0.25, 0.3) is 0 Å². The van der Waals surface area contributed by atoms with Crippen LogP contribution in [0.2, 0.25) is 5.02 Å². The van der Waals surface area contributed by atoms with E-state index in [2.05, 4.69) is 9.98 Å². The molecule has 1 aliphatic rings. The average Bonchev–Trinajstić information content (AvgIpc) is 2.57. The lowest BCUT2D eigenvalue weighted by Crippen LogP contribution is -2.38. The smallest absolute Gasteiger partial charge is 0.185 e. The number of pyridine rings is 1. The minimum absolute atomic E-state index is 0.0953. The van der Waals surface area contributed by atoms with Gasteiger partial charge in [0, 0.05) is 18.2 Å². The fourth-order valence-electron chi connectivity index (χ4n) is 2.79. The predicted molar refractivity (Wildman–Crippen MR) is 93.5 cm³/mol. The highest BCUT2D eigenvalue weighted by molar-refractivity contribution is 6.30. The first-order valence-corrected chi connectivity index (χ1v) is 8.11. The summed E-state index contributed by atoms with van der Waals surface area (Å²) in [5.74, 6) is -0.271. The van der Waals surface area contributed by atoms with Crippen LogP contribution in [0.25, 0.3) is 0 Å². The molecule has 1 aromatic heterocycles. The van der Waals surface area contributed by atoms with Gasteiger partial charge in [-0.15, -0.1) is 0 Å². The van der Waals surface area contributed by atoms with Crippen LogP contribution in [-0.2, 0) is 16.7 Å². The lowest BCUT2D eigenvalue weighted by atomic mass is 9.90. The fraction of sp³-hybridized carbons (Fsp3) is 0.278. The van der Waals surface area contributed by atoms with E-state index in [1.165, 1.54) is 12.3 Å². The van der Waals surface area contributed by atoms with E-state index in [9.17, 15) is 9.18 Å².